The summed E-state index contributed by atoms with van der Waals surface area (Å²) < 4.78 is 0. The minimum Gasteiger partial charge on any atom is -0.480 e. The quantitative estimate of drug-likeness (QED) is 0.0751. The highest BCUT2D eigenvalue weighted by atomic mass is 16.4. The molecule has 0 spiro atoms. The molecule has 1 aromatic heterocycles. The molecular formula is C20H35N9O5. The van der Waals surface area contributed by atoms with Gasteiger partial charge < -0.3 is 43.2 Å². The molecule has 0 bridgehead atoms. The van der Waals surface area contributed by atoms with Crippen molar-refractivity contribution >= 4 is 29.7 Å². The topological polar surface area (TPSA) is 244 Å². The number of aliphatic imine (C=N–C) groups is 1. The molecule has 0 aliphatic rings. The Morgan fingerprint density at radius 2 is 1.79 bits per heavy atom. The summed E-state index contributed by atoms with van der Waals surface area (Å²) >= 11 is 0. The van der Waals surface area contributed by atoms with Crippen molar-refractivity contribution in [3.63, 3.8) is 0 Å². The molecule has 3 amide bonds. The first kappa shape index (κ1) is 28.4. The van der Waals surface area contributed by atoms with Crippen LogP contribution in [0.25, 0.3) is 0 Å². The fourth-order valence-corrected chi connectivity index (χ4v) is 3.04. The number of amides is 3. The summed E-state index contributed by atoms with van der Waals surface area (Å²) in [5.74, 6) is -3.09. The maximum Gasteiger partial charge on any atom is 0.322 e. The Morgan fingerprint density at radius 3 is 2.35 bits per heavy atom. The van der Waals surface area contributed by atoms with Crippen LogP contribution in [-0.4, -0.2) is 75.9 Å². The van der Waals surface area contributed by atoms with Crippen LogP contribution >= 0.6 is 0 Å². The van der Waals surface area contributed by atoms with Gasteiger partial charge in [-0.25, -0.2) is 4.98 Å². The number of H-pyrrole nitrogens is 1. The van der Waals surface area contributed by atoms with Crippen LogP contribution in [0.3, 0.4) is 0 Å². The monoisotopic (exact) mass is 481 g/mol. The molecule has 0 aliphatic carbocycles. The van der Waals surface area contributed by atoms with E-state index >= 15 is 0 Å². The van der Waals surface area contributed by atoms with E-state index < -0.39 is 48.4 Å². The number of guanidine groups is 1. The summed E-state index contributed by atoms with van der Waals surface area (Å²) in [5.41, 5.74) is 17.3. The number of hydrogen-bond donors (Lipinski definition) is 8. The lowest BCUT2D eigenvalue weighted by atomic mass is 10.0. The number of carbonyl (C=O) groups excluding carboxylic acids is 3. The van der Waals surface area contributed by atoms with Crippen molar-refractivity contribution in [1.29, 1.82) is 0 Å². The molecule has 0 fully saturated rings. The molecular weight excluding hydrogens is 446 g/mol. The van der Waals surface area contributed by atoms with Gasteiger partial charge in [0, 0.05) is 24.9 Å². The van der Waals surface area contributed by atoms with Crippen LogP contribution in [0.15, 0.2) is 17.5 Å². The number of nitrogens with two attached hydrogens (primary N) is 3. The maximum absolute atomic E-state index is 13.0. The first-order chi connectivity index (χ1) is 16.0. The predicted octanol–water partition coefficient (Wildman–Crippen LogP) is -2.45. The van der Waals surface area contributed by atoms with Gasteiger partial charge in [0.1, 0.15) is 18.6 Å². The van der Waals surface area contributed by atoms with Crippen molar-refractivity contribution in [3.8, 4) is 0 Å². The number of imidazole rings is 1. The van der Waals surface area contributed by atoms with E-state index in [0.29, 0.717) is 12.1 Å². The second kappa shape index (κ2) is 14.5. The molecule has 14 nitrogen and oxygen atoms in total. The first-order valence-electron chi connectivity index (χ1n) is 10.9. The summed E-state index contributed by atoms with van der Waals surface area (Å²) in [5, 5.41) is 16.3. The SMILES string of the molecule is CC(C)CC(NC(=O)C(CCCN=C(N)N)NC(=O)C(N)Cc1cnc[nH]1)C(=O)NCC(=O)O. The number of carboxylic acid groups (broad SMARTS) is 1. The lowest BCUT2D eigenvalue weighted by Gasteiger charge is -2.25. The highest BCUT2D eigenvalue weighted by Crippen LogP contribution is 2.07. The van der Waals surface area contributed by atoms with Gasteiger partial charge in [-0.15, -0.1) is 0 Å². The summed E-state index contributed by atoms with van der Waals surface area (Å²) in [7, 11) is 0. The fourth-order valence-electron chi connectivity index (χ4n) is 3.04. The normalized spacial score (nSPS) is 13.4. The molecule has 0 saturated heterocycles. The van der Waals surface area contributed by atoms with E-state index in [1.54, 1.807) is 6.20 Å². The third-order valence-electron chi connectivity index (χ3n) is 4.66. The minimum absolute atomic E-state index is 0.0265. The molecule has 14 heteroatoms. The van der Waals surface area contributed by atoms with Gasteiger partial charge in [-0.2, -0.15) is 0 Å². The van der Waals surface area contributed by atoms with Crippen LogP contribution in [0.1, 0.15) is 38.8 Å². The highest BCUT2D eigenvalue weighted by molar-refractivity contribution is 5.93. The van der Waals surface area contributed by atoms with E-state index in [9.17, 15) is 19.2 Å². The predicted molar refractivity (Wildman–Crippen MR) is 124 cm³/mol. The molecule has 11 N–H and O–H groups in total. The number of carbonyl (C=O) groups is 4. The van der Waals surface area contributed by atoms with E-state index in [0.717, 1.165) is 0 Å². The lowest BCUT2D eigenvalue weighted by molar-refractivity contribution is -0.138. The zero-order chi connectivity index (χ0) is 25.7. The number of nitrogens with one attached hydrogen (secondary N) is 4. The smallest absolute Gasteiger partial charge is 0.322 e. The molecule has 3 unspecified atom stereocenters. The van der Waals surface area contributed by atoms with Gasteiger partial charge in [0.05, 0.1) is 12.4 Å². The van der Waals surface area contributed by atoms with Crippen molar-refractivity contribution in [2.24, 2.45) is 28.1 Å². The summed E-state index contributed by atoms with van der Waals surface area (Å²) in [6, 6.07) is -2.95. The van der Waals surface area contributed by atoms with Gasteiger partial charge in [0.15, 0.2) is 5.96 Å². The largest absolute Gasteiger partial charge is 0.480 e. The standard InChI is InChI=1S/C20H35N9O5/c1-11(2)6-15(18(33)26-9-16(30)31)29-19(34)14(4-3-5-25-20(22)23)28-17(32)13(21)7-12-8-24-10-27-12/h8,10-11,13-15H,3-7,9,21H2,1-2H3,(H,24,27)(H,26,33)(H,28,32)(H,29,34)(H,30,31)(H4,22,23,25). The fraction of sp³-hybridized carbons (Fsp3) is 0.600. The molecule has 0 aromatic carbocycles. The number of hydrogen-bond acceptors (Lipinski definition) is 7. The zero-order valence-corrected chi connectivity index (χ0v) is 19.4. The van der Waals surface area contributed by atoms with Crippen LogP contribution in [-0.2, 0) is 25.6 Å². The molecule has 1 aromatic rings. The van der Waals surface area contributed by atoms with Crippen LogP contribution in [0.2, 0.25) is 0 Å². The van der Waals surface area contributed by atoms with Crippen LogP contribution in [0, 0.1) is 5.92 Å². The first-order valence-corrected chi connectivity index (χ1v) is 10.9. The summed E-state index contributed by atoms with van der Waals surface area (Å²) in [4.78, 5) is 59.5. The Bertz CT molecular complexity index is 837. The molecule has 0 aliphatic heterocycles. The average Bonchev–Trinajstić information content (AvgIpc) is 3.25. The van der Waals surface area contributed by atoms with E-state index in [-0.39, 0.29) is 37.7 Å². The molecule has 1 heterocycles. The Balaban J connectivity index is 2.90. The minimum atomic E-state index is -1.21. The van der Waals surface area contributed by atoms with Crippen molar-refractivity contribution < 1.29 is 24.3 Å². The van der Waals surface area contributed by atoms with Crippen molar-refractivity contribution in [1.82, 2.24) is 25.9 Å². The van der Waals surface area contributed by atoms with Crippen LogP contribution in [0.4, 0.5) is 0 Å². The number of carboxylic acids is 1. The van der Waals surface area contributed by atoms with E-state index in [2.05, 4.69) is 30.9 Å². The average molecular weight is 482 g/mol. The molecule has 34 heavy (non-hydrogen) atoms. The number of aliphatic carboxylic acids is 1. The Hall–Kier alpha value is -3.68. The third-order valence-corrected chi connectivity index (χ3v) is 4.66. The Morgan fingerprint density at radius 1 is 1.12 bits per heavy atom. The van der Waals surface area contributed by atoms with Gasteiger partial charge in [0.2, 0.25) is 17.7 Å². The summed E-state index contributed by atoms with van der Waals surface area (Å²) in [6.45, 7) is 3.36. The molecule has 0 saturated carbocycles. The Kier molecular flexibility index (Phi) is 12.1. The van der Waals surface area contributed by atoms with Crippen molar-refractivity contribution in [3.05, 3.63) is 18.2 Å². The van der Waals surface area contributed by atoms with Crippen LogP contribution < -0.4 is 33.2 Å². The molecule has 3 atom stereocenters. The van der Waals surface area contributed by atoms with Crippen LogP contribution in [0.5, 0.6) is 0 Å². The van der Waals surface area contributed by atoms with Crippen molar-refractivity contribution in [2.75, 3.05) is 13.1 Å². The van der Waals surface area contributed by atoms with Gasteiger partial charge >= 0.3 is 5.97 Å². The van der Waals surface area contributed by atoms with Gasteiger partial charge in [-0.1, -0.05) is 13.8 Å². The molecule has 0 radical (unpaired) electrons. The van der Waals surface area contributed by atoms with Gasteiger partial charge in [-0.3, -0.25) is 24.2 Å². The lowest BCUT2D eigenvalue weighted by Crippen LogP contribution is -2.56. The number of aromatic nitrogens is 2. The molecule has 1 rings (SSSR count). The summed E-state index contributed by atoms with van der Waals surface area (Å²) in [6.07, 6.45) is 4.00. The number of aromatic amines is 1. The Labute approximate surface area is 197 Å². The maximum atomic E-state index is 13.0. The number of nitrogens with zero attached hydrogens (tertiary/aromatic N) is 2. The second-order valence-electron chi connectivity index (χ2n) is 8.20. The van der Waals surface area contributed by atoms with Gasteiger partial charge in [-0.05, 0) is 25.2 Å². The number of rotatable bonds is 15. The molecule has 190 valence electrons. The van der Waals surface area contributed by atoms with E-state index in [1.165, 1.54) is 6.33 Å². The van der Waals surface area contributed by atoms with E-state index in [4.69, 9.17) is 22.3 Å². The highest BCUT2D eigenvalue weighted by Gasteiger charge is 2.28. The second-order valence-corrected chi connectivity index (χ2v) is 8.20. The third kappa shape index (κ3) is 11.3. The van der Waals surface area contributed by atoms with Gasteiger partial charge in [0.25, 0.3) is 0 Å². The van der Waals surface area contributed by atoms with E-state index in [1.807, 2.05) is 13.8 Å². The van der Waals surface area contributed by atoms with Crippen molar-refractivity contribution in [2.45, 2.75) is 57.7 Å². The zero-order valence-electron chi connectivity index (χ0n) is 19.4.